The van der Waals surface area contributed by atoms with Crippen molar-refractivity contribution in [2.75, 3.05) is 0 Å². The third-order valence-electron chi connectivity index (χ3n) is 4.77. The SMILES string of the molecule is CCCn1nc(C(=O)N/N=C(\C)c2ccc(C)c(C)c2)c2ccccc2c1=O. The maximum Gasteiger partial charge on any atom is 0.292 e. The zero-order chi connectivity index (χ0) is 20.3. The lowest BCUT2D eigenvalue weighted by Gasteiger charge is -2.10. The fourth-order valence-electron chi connectivity index (χ4n) is 2.98. The molecule has 6 heteroatoms. The molecule has 0 fully saturated rings. The van der Waals surface area contributed by atoms with Crippen LogP contribution in [0.5, 0.6) is 0 Å². The van der Waals surface area contributed by atoms with Crippen LogP contribution in [0.4, 0.5) is 0 Å². The van der Waals surface area contributed by atoms with Gasteiger partial charge in [-0.3, -0.25) is 9.59 Å². The van der Waals surface area contributed by atoms with E-state index >= 15 is 0 Å². The average molecular weight is 376 g/mol. The fourth-order valence-corrected chi connectivity index (χ4v) is 2.98. The number of hydrogen-bond acceptors (Lipinski definition) is 4. The molecule has 0 saturated heterocycles. The molecular formula is C22H24N4O2. The van der Waals surface area contributed by atoms with Crippen LogP contribution >= 0.6 is 0 Å². The second-order valence-electron chi connectivity index (χ2n) is 6.86. The first kappa shape index (κ1) is 19.5. The molecular weight excluding hydrogens is 352 g/mol. The van der Waals surface area contributed by atoms with Gasteiger partial charge in [0.05, 0.1) is 11.1 Å². The Morgan fingerprint density at radius 2 is 1.82 bits per heavy atom. The van der Waals surface area contributed by atoms with Gasteiger partial charge in [0.25, 0.3) is 11.5 Å². The minimum atomic E-state index is -0.441. The van der Waals surface area contributed by atoms with Gasteiger partial charge < -0.3 is 0 Å². The molecule has 0 spiro atoms. The van der Waals surface area contributed by atoms with E-state index in [9.17, 15) is 9.59 Å². The highest BCUT2D eigenvalue weighted by molar-refractivity contribution is 6.06. The minimum absolute atomic E-state index is 0.191. The molecule has 0 aliphatic rings. The van der Waals surface area contributed by atoms with Gasteiger partial charge in [0, 0.05) is 11.9 Å². The molecule has 6 nitrogen and oxygen atoms in total. The summed E-state index contributed by atoms with van der Waals surface area (Å²) in [6, 6.07) is 13.1. The number of hydrogen-bond donors (Lipinski definition) is 1. The molecule has 0 bridgehead atoms. The molecule has 0 aliphatic heterocycles. The lowest BCUT2D eigenvalue weighted by atomic mass is 10.0. The van der Waals surface area contributed by atoms with Crippen molar-refractivity contribution in [3.8, 4) is 0 Å². The molecule has 0 unspecified atom stereocenters. The highest BCUT2D eigenvalue weighted by atomic mass is 16.2. The molecule has 3 aromatic rings. The molecule has 2 aromatic carbocycles. The van der Waals surface area contributed by atoms with Gasteiger partial charge in [-0.05, 0) is 56.0 Å². The van der Waals surface area contributed by atoms with Crippen LogP contribution in [0.1, 0.15) is 47.4 Å². The molecule has 1 aromatic heterocycles. The summed E-state index contributed by atoms with van der Waals surface area (Å²) in [5.74, 6) is -0.441. The Balaban J connectivity index is 1.96. The highest BCUT2D eigenvalue weighted by Crippen LogP contribution is 2.14. The second-order valence-corrected chi connectivity index (χ2v) is 6.86. The predicted molar refractivity (Wildman–Crippen MR) is 112 cm³/mol. The Morgan fingerprint density at radius 1 is 1.11 bits per heavy atom. The normalized spacial score (nSPS) is 11.6. The van der Waals surface area contributed by atoms with Crippen LogP contribution in [-0.2, 0) is 6.54 Å². The number of nitrogens with zero attached hydrogens (tertiary/aromatic N) is 3. The summed E-state index contributed by atoms with van der Waals surface area (Å²) in [5, 5.41) is 9.53. The van der Waals surface area contributed by atoms with E-state index in [0.29, 0.717) is 23.0 Å². The summed E-state index contributed by atoms with van der Waals surface area (Å²) >= 11 is 0. The van der Waals surface area contributed by atoms with Crippen molar-refractivity contribution < 1.29 is 4.79 Å². The third kappa shape index (κ3) is 3.86. The standard InChI is InChI=1S/C22H24N4O2/c1-5-12-26-22(28)19-9-7-6-8-18(19)20(25-26)21(27)24-23-16(4)17-11-10-14(2)15(3)13-17/h6-11,13H,5,12H2,1-4H3,(H,24,27)/b23-16+. The number of aryl methyl sites for hydroxylation is 3. The van der Waals surface area contributed by atoms with Crippen molar-refractivity contribution in [2.24, 2.45) is 5.10 Å². The molecule has 0 radical (unpaired) electrons. The first-order valence-electron chi connectivity index (χ1n) is 9.34. The second kappa shape index (κ2) is 8.17. The summed E-state index contributed by atoms with van der Waals surface area (Å²) in [7, 11) is 0. The number of benzene rings is 2. The maximum absolute atomic E-state index is 12.8. The van der Waals surface area contributed by atoms with Crippen molar-refractivity contribution in [1.82, 2.24) is 15.2 Å². The highest BCUT2D eigenvalue weighted by Gasteiger charge is 2.16. The van der Waals surface area contributed by atoms with Gasteiger partial charge in [0.1, 0.15) is 0 Å². The quantitative estimate of drug-likeness (QED) is 0.546. The number of rotatable bonds is 5. The van der Waals surface area contributed by atoms with Gasteiger partial charge in [0.2, 0.25) is 0 Å². The van der Waals surface area contributed by atoms with Crippen molar-refractivity contribution in [1.29, 1.82) is 0 Å². The predicted octanol–water partition coefficient (Wildman–Crippen LogP) is 3.58. The Morgan fingerprint density at radius 3 is 2.50 bits per heavy atom. The molecule has 0 saturated carbocycles. The minimum Gasteiger partial charge on any atom is -0.267 e. The van der Waals surface area contributed by atoms with E-state index in [1.54, 1.807) is 24.3 Å². The molecule has 144 valence electrons. The van der Waals surface area contributed by atoms with E-state index in [1.807, 2.05) is 39.0 Å². The number of hydrazone groups is 1. The van der Waals surface area contributed by atoms with Crippen LogP contribution in [0.2, 0.25) is 0 Å². The van der Waals surface area contributed by atoms with Crippen LogP contribution in [0.3, 0.4) is 0 Å². The van der Waals surface area contributed by atoms with Crippen LogP contribution in [0, 0.1) is 13.8 Å². The molecule has 0 aliphatic carbocycles. The van der Waals surface area contributed by atoms with Crippen molar-refractivity contribution in [2.45, 2.75) is 40.7 Å². The lowest BCUT2D eigenvalue weighted by Crippen LogP contribution is -2.29. The first-order valence-corrected chi connectivity index (χ1v) is 9.34. The van der Waals surface area contributed by atoms with Crippen LogP contribution in [0.25, 0.3) is 10.8 Å². The van der Waals surface area contributed by atoms with Crippen LogP contribution in [-0.4, -0.2) is 21.4 Å². The summed E-state index contributed by atoms with van der Waals surface area (Å²) in [5.41, 5.74) is 6.59. The van der Waals surface area contributed by atoms with E-state index in [1.165, 1.54) is 10.2 Å². The molecule has 1 amide bonds. The monoisotopic (exact) mass is 376 g/mol. The summed E-state index contributed by atoms with van der Waals surface area (Å²) in [6.45, 7) is 8.34. The van der Waals surface area contributed by atoms with Crippen LogP contribution in [0.15, 0.2) is 52.4 Å². The lowest BCUT2D eigenvalue weighted by molar-refractivity contribution is 0.0949. The number of nitrogens with one attached hydrogen (secondary N) is 1. The van der Waals surface area contributed by atoms with Gasteiger partial charge in [-0.1, -0.05) is 37.3 Å². The zero-order valence-corrected chi connectivity index (χ0v) is 16.6. The molecule has 0 atom stereocenters. The number of carbonyl (C=O) groups excluding carboxylic acids is 1. The van der Waals surface area contributed by atoms with Crippen molar-refractivity contribution >= 4 is 22.4 Å². The van der Waals surface area contributed by atoms with E-state index in [4.69, 9.17) is 0 Å². The Kier molecular flexibility index (Phi) is 5.68. The summed E-state index contributed by atoms with van der Waals surface area (Å²) in [6.07, 6.45) is 0.746. The van der Waals surface area contributed by atoms with Crippen molar-refractivity contribution in [3.63, 3.8) is 0 Å². The average Bonchev–Trinajstić information content (AvgIpc) is 2.70. The Bertz CT molecular complexity index is 1130. The van der Waals surface area contributed by atoms with Gasteiger partial charge in [-0.2, -0.15) is 10.2 Å². The summed E-state index contributed by atoms with van der Waals surface area (Å²) in [4.78, 5) is 25.3. The zero-order valence-electron chi connectivity index (χ0n) is 16.6. The van der Waals surface area contributed by atoms with Gasteiger partial charge in [-0.25, -0.2) is 10.1 Å². The van der Waals surface area contributed by atoms with Gasteiger partial charge in [-0.15, -0.1) is 0 Å². The topological polar surface area (TPSA) is 76.3 Å². The van der Waals surface area contributed by atoms with E-state index in [-0.39, 0.29) is 11.3 Å². The first-order chi connectivity index (χ1) is 13.4. The number of fused-ring (bicyclic) bond motifs is 1. The number of carbonyl (C=O) groups is 1. The van der Waals surface area contributed by atoms with E-state index in [0.717, 1.165) is 17.5 Å². The maximum atomic E-state index is 12.8. The number of amides is 1. The van der Waals surface area contributed by atoms with Crippen LogP contribution < -0.4 is 11.0 Å². The Hall–Kier alpha value is -3.28. The van der Waals surface area contributed by atoms with Crippen molar-refractivity contribution in [3.05, 3.63) is 75.2 Å². The number of aromatic nitrogens is 2. The molecule has 1 heterocycles. The van der Waals surface area contributed by atoms with Gasteiger partial charge in [0.15, 0.2) is 5.69 Å². The molecule has 1 N–H and O–H groups in total. The van der Waals surface area contributed by atoms with Gasteiger partial charge >= 0.3 is 0 Å². The molecule has 28 heavy (non-hydrogen) atoms. The smallest absolute Gasteiger partial charge is 0.267 e. The third-order valence-corrected chi connectivity index (χ3v) is 4.77. The summed E-state index contributed by atoms with van der Waals surface area (Å²) < 4.78 is 1.34. The Labute approximate surface area is 163 Å². The fraction of sp³-hybridized carbons (Fsp3) is 0.273. The molecule has 3 rings (SSSR count). The van der Waals surface area contributed by atoms with E-state index in [2.05, 4.69) is 22.5 Å². The largest absolute Gasteiger partial charge is 0.292 e. The van der Waals surface area contributed by atoms with E-state index < -0.39 is 5.91 Å².